The van der Waals surface area contributed by atoms with Crippen LogP contribution in [0.25, 0.3) is 11.3 Å². The zero-order valence-electron chi connectivity index (χ0n) is 14.1. The molecule has 0 saturated heterocycles. The molecular formula is C19H17N5O2. The van der Waals surface area contributed by atoms with Crippen LogP contribution in [0.2, 0.25) is 0 Å². The molecule has 130 valence electrons. The Labute approximate surface area is 150 Å². The van der Waals surface area contributed by atoms with Crippen LogP contribution in [0.15, 0.2) is 60.8 Å². The van der Waals surface area contributed by atoms with Gasteiger partial charge in [-0.25, -0.2) is 9.97 Å². The number of nitrogens with zero attached hydrogens (tertiary/aromatic N) is 2. The summed E-state index contributed by atoms with van der Waals surface area (Å²) in [5, 5.41) is 5.78. The Morgan fingerprint density at radius 1 is 1.00 bits per heavy atom. The van der Waals surface area contributed by atoms with E-state index in [1.54, 1.807) is 36.5 Å². The lowest BCUT2D eigenvalue weighted by atomic mass is 10.1. The van der Waals surface area contributed by atoms with Crippen molar-refractivity contribution in [3.8, 4) is 11.3 Å². The van der Waals surface area contributed by atoms with Crippen LogP contribution in [-0.2, 0) is 4.79 Å². The molecule has 4 N–H and O–H groups in total. The van der Waals surface area contributed by atoms with Crippen molar-refractivity contribution in [2.24, 2.45) is 5.73 Å². The zero-order valence-corrected chi connectivity index (χ0v) is 14.1. The van der Waals surface area contributed by atoms with Crippen LogP contribution >= 0.6 is 0 Å². The fourth-order valence-electron chi connectivity index (χ4n) is 2.39. The molecule has 3 aromatic rings. The van der Waals surface area contributed by atoms with Crippen molar-refractivity contribution in [2.75, 3.05) is 10.6 Å². The van der Waals surface area contributed by atoms with Crippen molar-refractivity contribution in [2.45, 2.75) is 6.92 Å². The lowest BCUT2D eigenvalue weighted by Gasteiger charge is -2.08. The predicted octanol–water partition coefficient (Wildman–Crippen LogP) is 2.94. The zero-order chi connectivity index (χ0) is 18.5. The van der Waals surface area contributed by atoms with Crippen LogP contribution in [0.3, 0.4) is 0 Å². The quantitative estimate of drug-likeness (QED) is 0.657. The lowest BCUT2D eigenvalue weighted by molar-refractivity contribution is -0.114. The van der Waals surface area contributed by atoms with Crippen molar-refractivity contribution in [1.29, 1.82) is 0 Å². The molecule has 2 amide bonds. The third-order valence-electron chi connectivity index (χ3n) is 3.56. The van der Waals surface area contributed by atoms with Gasteiger partial charge in [0, 0.05) is 35.6 Å². The number of amides is 2. The van der Waals surface area contributed by atoms with Crippen molar-refractivity contribution in [3.63, 3.8) is 0 Å². The first-order valence-electron chi connectivity index (χ1n) is 7.89. The summed E-state index contributed by atoms with van der Waals surface area (Å²) in [6.45, 7) is 1.46. The van der Waals surface area contributed by atoms with Gasteiger partial charge in [0.25, 0.3) is 0 Å². The topological polar surface area (TPSA) is 110 Å². The van der Waals surface area contributed by atoms with Gasteiger partial charge in [-0.1, -0.05) is 18.2 Å². The maximum absolute atomic E-state index is 11.3. The maximum atomic E-state index is 11.3. The van der Waals surface area contributed by atoms with Gasteiger partial charge in [-0.05, 0) is 36.4 Å². The van der Waals surface area contributed by atoms with E-state index in [0.717, 1.165) is 16.9 Å². The monoisotopic (exact) mass is 347 g/mol. The van der Waals surface area contributed by atoms with Gasteiger partial charge in [0.05, 0.1) is 5.69 Å². The van der Waals surface area contributed by atoms with Crippen molar-refractivity contribution in [3.05, 3.63) is 66.4 Å². The highest BCUT2D eigenvalue weighted by atomic mass is 16.1. The molecule has 0 aliphatic heterocycles. The molecular weight excluding hydrogens is 330 g/mol. The minimum absolute atomic E-state index is 0.121. The van der Waals surface area contributed by atoms with E-state index >= 15 is 0 Å². The molecule has 0 radical (unpaired) electrons. The number of aromatic nitrogens is 2. The fourth-order valence-corrected chi connectivity index (χ4v) is 2.39. The molecule has 0 fully saturated rings. The number of hydrogen-bond acceptors (Lipinski definition) is 5. The Morgan fingerprint density at radius 3 is 2.46 bits per heavy atom. The summed E-state index contributed by atoms with van der Waals surface area (Å²) in [7, 11) is 0. The minimum Gasteiger partial charge on any atom is -0.366 e. The summed E-state index contributed by atoms with van der Waals surface area (Å²) < 4.78 is 0. The smallest absolute Gasteiger partial charge is 0.248 e. The van der Waals surface area contributed by atoms with Crippen LogP contribution in [0.5, 0.6) is 0 Å². The van der Waals surface area contributed by atoms with Crippen LogP contribution in [0, 0.1) is 0 Å². The number of nitrogens with two attached hydrogens (primary N) is 1. The lowest BCUT2D eigenvalue weighted by Crippen LogP contribution is -2.11. The number of rotatable bonds is 5. The van der Waals surface area contributed by atoms with E-state index in [4.69, 9.17) is 5.73 Å². The molecule has 1 heterocycles. The van der Waals surface area contributed by atoms with Gasteiger partial charge in [-0.2, -0.15) is 0 Å². The Bertz CT molecular complexity index is 954. The molecule has 7 nitrogen and oxygen atoms in total. The first-order valence-corrected chi connectivity index (χ1v) is 7.89. The fraction of sp³-hybridized carbons (Fsp3) is 0.0526. The molecule has 0 saturated carbocycles. The SMILES string of the molecule is CC(=O)Nc1ccc(-c2ccnc(Nc3cccc(C(N)=O)c3)n2)cc1. The van der Waals surface area contributed by atoms with E-state index in [1.807, 2.05) is 24.3 Å². The first kappa shape index (κ1) is 17.1. The van der Waals surface area contributed by atoms with Crippen LogP contribution in [0.1, 0.15) is 17.3 Å². The molecule has 0 aliphatic carbocycles. The van der Waals surface area contributed by atoms with Crippen molar-refractivity contribution >= 4 is 29.1 Å². The summed E-state index contributed by atoms with van der Waals surface area (Å²) in [6, 6.07) is 15.9. The van der Waals surface area contributed by atoms with Gasteiger partial charge in [-0.3, -0.25) is 9.59 Å². The summed E-state index contributed by atoms with van der Waals surface area (Å²) in [5.74, 6) is -0.220. The van der Waals surface area contributed by atoms with E-state index in [0.29, 0.717) is 17.2 Å². The standard InChI is InChI=1S/C19H17N5O2/c1-12(25)22-15-7-5-13(6-8-15)17-9-10-21-19(24-17)23-16-4-2-3-14(11-16)18(20)26/h2-11H,1H3,(H2,20,26)(H,22,25)(H,21,23,24). The van der Waals surface area contributed by atoms with E-state index in [9.17, 15) is 9.59 Å². The van der Waals surface area contributed by atoms with Gasteiger partial charge in [0.15, 0.2) is 0 Å². The normalized spacial score (nSPS) is 10.2. The second kappa shape index (κ2) is 7.43. The second-order valence-corrected chi connectivity index (χ2v) is 5.59. The van der Waals surface area contributed by atoms with E-state index in [1.165, 1.54) is 6.92 Å². The minimum atomic E-state index is -0.498. The summed E-state index contributed by atoms with van der Waals surface area (Å²) in [4.78, 5) is 31.0. The highest BCUT2D eigenvalue weighted by Crippen LogP contribution is 2.21. The Balaban J connectivity index is 1.81. The number of nitrogens with one attached hydrogen (secondary N) is 2. The van der Waals surface area contributed by atoms with Crippen LogP contribution in [0.4, 0.5) is 17.3 Å². The molecule has 7 heteroatoms. The Hall–Kier alpha value is -3.74. The average molecular weight is 347 g/mol. The number of hydrogen-bond donors (Lipinski definition) is 3. The molecule has 1 aromatic heterocycles. The predicted molar refractivity (Wildman–Crippen MR) is 100 cm³/mol. The van der Waals surface area contributed by atoms with E-state index < -0.39 is 5.91 Å². The van der Waals surface area contributed by atoms with E-state index in [2.05, 4.69) is 20.6 Å². The molecule has 26 heavy (non-hydrogen) atoms. The molecule has 0 aliphatic rings. The number of carbonyl (C=O) groups excluding carboxylic acids is 2. The molecule has 0 bridgehead atoms. The van der Waals surface area contributed by atoms with Gasteiger partial charge in [-0.15, -0.1) is 0 Å². The molecule has 2 aromatic carbocycles. The Morgan fingerprint density at radius 2 is 1.77 bits per heavy atom. The number of primary amides is 1. The highest BCUT2D eigenvalue weighted by molar-refractivity contribution is 5.93. The number of carbonyl (C=O) groups is 2. The third-order valence-corrected chi connectivity index (χ3v) is 3.56. The summed E-state index contributed by atoms with van der Waals surface area (Å²) >= 11 is 0. The molecule has 0 atom stereocenters. The van der Waals surface area contributed by atoms with Gasteiger partial charge in [0.2, 0.25) is 17.8 Å². The van der Waals surface area contributed by atoms with Crippen LogP contribution < -0.4 is 16.4 Å². The molecule has 0 spiro atoms. The number of benzene rings is 2. The molecule has 0 unspecified atom stereocenters. The van der Waals surface area contributed by atoms with Crippen molar-refractivity contribution < 1.29 is 9.59 Å². The highest BCUT2D eigenvalue weighted by Gasteiger charge is 2.05. The number of anilines is 3. The van der Waals surface area contributed by atoms with Gasteiger partial charge < -0.3 is 16.4 Å². The van der Waals surface area contributed by atoms with Gasteiger partial charge in [0.1, 0.15) is 0 Å². The third kappa shape index (κ3) is 4.21. The second-order valence-electron chi connectivity index (χ2n) is 5.59. The Kier molecular flexibility index (Phi) is 4.89. The van der Waals surface area contributed by atoms with E-state index in [-0.39, 0.29) is 5.91 Å². The van der Waals surface area contributed by atoms with Crippen LogP contribution in [-0.4, -0.2) is 21.8 Å². The first-order chi connectivity index (χ1) is 12.5. The molecule has 3 rings (SSSR count). The van der Waals surface area contributed by atoms with Crippen molar-refractivity contribution in [1.82, 2.24) is 9.97 Å². The largest absolute Gasteiger partial charge is 0.366 e. The van der Waals surface area contributed by atoms with Gasteiger partial charge >= 0.3 is 0 Å². The average Bonchev–Trinajstić information content (AvgIpc) is 2.62. The summed E-state index contributed by atoms with van der Waals surface area (Å²) in [5.41, 5.74) is 8.69. The summed E-state index contributed by atoms with van der Waals surface area (Å²) in [6.07, 6.45) is 1.64. The maximum Gasteiger partial charge on any atom is 0.248 e.